The van der Waals surface area contributed by atoms with Crippen LogP contribution in [0.5, 0.6) is 0 Å². The first kappa shape index (κ1) is 26.6. The smallest absolute Gasteiger partial charge is 0.256 e. The number of aromatic nitrogens is 2. The van der Waals surface area contributed by atoms with Crippen molar-refractivity contribution in [3.8, 4) is 5.69 Å². The van der Waals surface area contributed by atoms with E-state index in [9.17, 15) is 18.8 Å². The molecule has 9 heteroatoms. The first-order valence-electron chi connectivity index (χ1n) is 14.4. The summed E-state index contributed by atoms with van der Waals surface area (Å²) in [6, 6.07) is 5.88. The van der Waals surface area contributed by atoms with Gasteiger partial charge in [0, 0.05) is 54.9 Å². The first-order chi connectivity index (χ1) is 19.3. The van der Waals surface area contributed by atoms with Crippen LogP contribution in [0.25, 0.3) is 16.6 Å². The summed E-state index contributed by atoms with van der Waals surface area (Å²) in [6.07, 6.45) is 7.46. The van der Waals surface area contributed by atoms with Crippen molar-refractivity contribution in [3.05, 3.63) is 59.8 Å². The summed E-state index contributed by atoms with van der Waals surface area (Å²) in [6.45, 7) is 8.32. The molecule has 2 amide bonds. The molecule has 0 bridgehead atoms. The summed E-state index contributed by atoms with van der Waals surface area (Å²) in [5, 5.41) is 4.11. The van der Waals surface area contributed by atoms with Crippen molar-refractivity contribution in [2.75, 3.05) is 26.2 Å². The van der Waals surface area contributed by atoms with E-state index >= 15 is 0 Å². The van der Waals surface area contributed by atoms with Crippen molar-refractivity contribution in [1.29, 1.82) is 0 Å². The van der Waals surface area contributed by atoms with Crippen LogP contribution >= 0.6 is 0 Å². The number of amides is 2. The number of hydrogen-bond acceptors (Lipinski definition) is 5. The number of rotatable bonds is 7. The third kappa shape index (κ3) is 4.60. The van der Waals surface area contributed by atoms with E-state index in [0.29, 0.717) is 61.1 Å². The fraction of sp³-hybridized carbons (Fsp3) is 0.484. The Bertz CT molecular complexity index is 1470. The van der Waals surface area contributed by atoms with E-state index in [2.05, 4.69) is 10.3 Å². The van der Waals surface area contributed by atoms with Gasteiger partial charge in [-0.1, -0.05) is 0 Å². The maximum atomic E-state index is 14.4. The van der Waals surface area contributed by atoms with E-state index in [1.54, 1.807) is 34.1 Å². The Balaban J connectivity index is 1.28. The van der Waals surface area contributed by atoms with E-state index in [1.165, 1.54) is 12.1 Å². The van der Waals surface area contributed by atoms with Gasteiger partial charge >= 0.3 is 0 Å². The number of piperidine rings is 2. The second kappa shape index (κ2) is 10.4. The number of benzene rings is 1. The molecule has 1 saturated carbocycles. The molecule has 210 valence electrons. The number of nitrogens with one attached hydrogen (secondary N) is 1. The lowest BCUT2D eigenvalue weighted by molar-refractivity contribution is -0.134. The molecule has 3 aromatic rings. The van der Waals surface area contributed by atoms with Gasteiger partial charge < -0.3 is 19.7 Å². The molecule has 0 radical (unpaired) electrons. The number of ketones is 1. The number of pyridine rings is 1. The zero-order chi connectivity index (χ0) is 28.1. The number of Topliss-reactive ketones (excluding diaryl/α,β-unsaturated/α-hetero) is 1. The molecule has 8 nitrogen and oxygen atoms in total. The van der Waals surface area contributed by atoms with Gasteiger partial charge in [-0.3, -0.25) is 19.4 Å². The highest BCUT2D eigenvalue weighted by atomic mass is 19.1. The molecule has 2 aliphatic heterocycles. The van der Waals surface area contributed by atoms with Crippen molar-refractivity contribution >= 4 is 28.5 Å². The van der Waals surface area contributed by atoms with Gasteiger partial charge in [0.1, 0.15) is 5.82 Å². The van der Waals surface area contributed by atoms with Gasteiger partial charge in [-0.25, -0.2) is 4.39 Å². The van der Waals surface area contributed by atoms with Crippen molar-refractivity contribution in [3.63, 3.8) is 0 Å². The normalized spacial score (nSPS) is 22.5. The Hall–Kier alpha value is -3.59. The van der Waals surface area contributed by atoms with Crippen molar-refractivity contribution in [2.45, 2.75) is 52.1 Å². The Morgan fingerprint density at radius 1 is 1.15 bits per heavy atom. The molecule has 1 N–H and O–H groups in total. The molecule has 3 aliphatic rings. The monoisotopic (exact) mass is 545 g/mol. The minimum Gasteiger partial charge on any atom is -0.341 e. The fourth-order valence-electron chi connectivity index (χ4n) is 6.65. The molecular weight excluding hydrogens is 509 g/mol. The number of nitrogens with zero attached hydrogens (tertiary/aromatic N) is 4. The van der Waals surface area contributed by atoms with Crippen LogP contribution in [0.1, 0.15) is 60.7 Å². The first-order valence-corrected chi connectivity index (χ1v) is 14.4. The van der Waals surface area contributed by atoms with Crippen molar-refractivity contribution < 1.29 is 18.8 Å². The van der Waals surface area contributed by atoms with Crippen LogP contribution in [0.2, 0.25) is 0 Å². The topological polar surface area (TPSA) is 87.5 Å². The van der Waals surface area contributed by atoms with Crippen LogP contribution in [0.3, 0.4) is 0 Å². The van der Waals surface area contributed by atoms with E-state index in [0.717, 1.165) is 18.4 Å². The summed E-state index contributed by atoms with van der Waals surface area (Å²) in [4.78, 5) is 48.3. The highest BCUT2D eigenvalue weighted by molar-refractivity contribution is 6.10. The maximum absolute atomic E-state index is 14.4. The largest absolute Gasteiger partial charge is 0.341 e. The van der Waals surface area contributed by atoms with Gasteiger partial charge in [0.05, 0.1) is 29.0 Å². The average molecular weight is 546 g/mol. The quantitative estimate of drug-likeness (QED) is 0.453. The van der Waals surface area contributed by atoms with Crippen molar-refractivity contribution in [1.82, 2.24) is 24.7 Å². The standard InChI is InChI=1S/C31H36FN5O3/c1-4-36(18(2)3)30(39)24-14-21(32)5-6-26(24)37-17-25(22-7-10-33-16-27(22)37)29(38)19-8-11-35(12-9-19)31(40)28-23-13-20(23)15-34-28/h5-7,10,14,16-20,23,28,34H,4,8-9,11-13,15H2,1-3H3/t20-,23-,28-/m0/s1. The SMILES string of the molecule is CCN(C(=O)c1cc(F)ccc1-n1cc(C(=O)C2CCN(C(=O)[C@H]3NC[C@@H]4C[C@@H]43)CC2)c2ccncc21)C(C)C. The number of halogens is 1. The summed E-state index contributed by atoms with van der Waals surface area (Å²) in [7, 11) is 0. The van der Waals surface area contributed by atoms with Crippen LogP contribution in [-0.4, -0.2) is 75.2 Å². The molecule has 0 unspecified atom stereocenters. The predicted molar refractivity (Wildman–Crippen MR) is 150 cm³/mol. The zero-order valence-corrected chi connectivity index (χ0v) is 23.3. The molecular formula is C31H36FN5O3. The summed E-state index contributed by atoms with van der Waals surface area (Å²) in [5.74, 6) is 0.380. The number of hydrogen-bond donors (Lipinski definition) is 1. The number of carbonyl (C=O) groups excluding carboxylic acids is 3. The van der Waals surface area contributed by atoms with E-state index in [-0.39, 0.29) is 41.2 Å². The number of carbonyl (C=O) groups is 3. The molecule has 2 aromatic heterocycles. The Kier molecular flexibility index (Phi) is 6.94. The van der Waals surface area contributed by atoms with Gasteiger partial charge in [0.25, 0.3) is 5.91 Å². The second-order valence-electron chi connectivity index (χ2n) is 11.7. The van der Waals surface area contributed by atoms with E-state index < -0.39 is 5.82 Å². The minimum absolute atomic E-state index is 0.0238. The zero-order valence-electron chi connectivity index (χ0n) is 23.3. The summed E-state index contributed by atoms with van der Waals surface area (Å²) >= 11 is 0. The molecule has 6 rings (SSSR count). The number of fused-ring (bicyclic) bond motifs is 2. The molecule has 4 heterocycles. The molecule has 1 aliphatic carbocycles. The lowest BCUT2D eigenvalue weighted by atomic mass is 9.88. The lowest BCUT2D eigenvalue weighted by Gasteiger charge is -2.33. The predicted octanol–water partition coefficient (Wildman–Crippen LogP) is 4.06. The Morgan fingerprint density at radius 2 is 1.93 bits per heavy atom. The van der Waals surface area contributed by atoms with E-state index in [1.807, 2.05) is 31.7 Å². The number of likely N-dealkylation sites (tertiary alicyclic amines) is 1. The molecule has 40 heavy (non-hydrogen) atoms. The van der Waals surface area contributed by atoms with Gasteiger partial charge in [0.2, 0.25) is 5.91 Å². The Morgan fingerprint density at radius 3 is 2.58 bits per heavy atom. The fourth-order valence-corrected chi connectivity index (χ4v) is 6.65. The molecule has 2 saturated heterocycles. The van der Waals surface area contributed by atoms with Gasteiger partial charge in [-0.15, -0.1) is 0 Å². The summed E-state index contributed by atoms with van der Waals surface area (Å²) in [5.41, 5.74) is 1.98. The highest BCUT2D eigenvalue weighted by Crippen LogP contribution is 2.45. The van der Waals surface area contributed by atoms with Gasteiger partial charge in [-0.05, 0) is 82.7 Å². The second-order valence-corrected chi connectivity index (χ2v) is 11.7. The molecule has 3 atom stereocenters. The van der Waals surface area contributed by atoms with Crippen LogP contribution in [-0.2, 0) is 4.79 Å². The van der Waals surface area contributed by atoms with Crippen LogP contribution in [0, 0.1) is 23.6 Å². The average Bonchev–Trinajstić information content (AvgIpc) is 3.45. The van der Waals surface area contributed by atoms with Crippen LogP contribution < -0.4 is 5.32 Å². The van der Waals surface area contributed by atoms with Gasteiger partial charge in [-0.2, -0.15) is 0 Å². The van der Waals surface area contributed by atoms with Crippen molar-refractivity contribution in [2.24, 2.45) is 17.8 Å². The Labute approximate surface area is 233 Å². The third-order valence-electron chi connectivity index (χ3n) is 9.00. The molecule has 0 spiro atoms. The third-order valence-corrected chi connectivity index (χ3v) is 9.00. The van der Waals surface area contributed by atoms with E-state index in [4.69, 9.17) is 0 Å². The van der Waals surface area contributed by atoms with Gasteiger partial charge in [0.15, 0.2) is 5.78 Å². The van der Waals surface area contributed by atoms with Crippen LogP contribution in [0.15, 0.2) is 42.9 Å². The lowest BCUT2D eigenvalue weighted by Crippen LogP contribution is -2.49. The molecule has 3 fully saturated rings. The maximum Gasteiger partial charge on any atom is 0.256 e. The summed E-state index contributed by atoms with van der Waals surface area (Å²) < 4.78 is 16.2. The van der Waals surface area contributed by atoms with Crippen LogP contribution in [0.4, 0.5) is 4.39 Å². The molecule has 1 aromatic carbocycles. The minimum atomic E-state index is -0.496. The highest BCUT2D eigenvalue weighted by Gasteiger charge is 2.52.